The molecule has 0 spiro atoms. The fourth-order valence-corrected chi connectivity index (χ4v) is 3.70. The molecular formula is C18H21O5P. The molecule has 128 valence electrons. The van der Waals surface area contributed by atoms with Crippen LogP contribution in [0.5, 0.6) is 11.5 Å². The van der Waals surface area contributed by atoms with Gasteiger partial charge in [0.2, 0.25) is 0 Å². The largest absolute Gasteiger partial charge is 0.466 e. The van der Waals surface area contributed by atoms with Gasteiger partial charge < -0.3 is 13.8 Å². The molecule has 0 unspecified atom stereocenters. The van der Waals surface area contributed by atoms with E-state index in [1.54, 1.807) is 55.5 Å². The van der Waals surface area contributed by atoms with Crippen LogP contribution in [0.1, 0.15) is 19.8 Å². The van der Waals surface area contributed by atoms with Gasteiger partial charge in [0.1, 0.15) is 11.5 Å². The quantitative estimate of drug-likeness (QED) is 0.486. The Bertz CT molecular complexity index is 627. The topological polar surface area (TPSA) is 61.8 Å². The van der Waals surface area contributed by atoms with Crippen LogP contribution < -0.4 is 9.05 Å². The van der Waals surface area contributed by atoms with Crippen molar-refractivity contribution in [2.24, 2.45) is 0 Å². The number of para-hydroxylation sites is 2. The third kappa shape index (κ3) is 6.09. The van der Waals surface area contributed by atoms with E-state index in [9.17, 15) is 9.36 Å². The molecule has 0 fully saturated rings. The minimum absolute atomic E-state index is 0.121. The first-order valence-electron chi connectivity index (χ1n) is 7.85. The first kappa shape index (κ1) is 18.1. The van der Waals surface area contributed by atoms with Crippen LogP contribution in [0.2, 0.25) is 0 Å². The lowest BCUT2D eigenvalue weighted by molar-refractivity contribution is -0.143. The van der Waals surface area contributed by atoms with Gasteiger partial charge in [-0.1, -0.05) is 36.4 Å². The maximum absolute atomic E-state index is 13.1. The van der Waals surface area contributed by atoms with Crippen molar-refractivity contribution in [1.29, 1.82) is 0 Å². The fourth-order valence-electron chi connectivity index (χ4n) is 2.04. The Hall–Kier alpha value is -2.26. The Morgan fingerprint density at radius 1 is 0.917 bits per heavy atom. The fraction of sp³-hybridized carbons (Fsp3) is 0.278. The molecule has 5 nitrogen and oxygen atoms in total. The highest BCUT2D eigenvalue weighted by molar-refractivity contribution is 7.54. The van der Waals surface area contributed by atoms with E-state index in [1.165, 1.54) is 0 Å². The van der Waals surface area contributed by atoms with Crippen LogP contribution in [0.4, 0.5) is 0 Å². The van der Waals surface area contributed by atoms with Crippen molar-refractivity contribution in [2.75, 3.05) is 12.8 Å². The molecule has 0 heterocycles. The molecule has 0 saturated carbocycles. The predicted molar refractivity (Wildman–Crippen MR) is 92.5 cm³/mol. The van der Waals surface area contributed by atoms with E-state index in [0.29, 0.717) is 24.5 Å². The molecule has 2 aromatic rings. The summed E-state index contributed by atoms with van der Waals surface area (Å²) >= 11 is 0. The zero-order valence-electron chi connectivity index (χ0n) is 13.6. The van der Waals surface area contributed by atoms with E-state index in [4.69, 9.17) is 13.8 Å². The van der Waals surface area contributed by atoms with Crippen molar-refractivity contribution in [2.45, 2.75) is 19.8 Å². The second kappa shape index (κ2) is 9.14. The van der Waals surface area contributed by atoms with Gasteiger partial charge in [0, 0.05) is 6.42 Å². The third-order valence-corrected chi connectivity index (χ3v) is 4.94. The molecule has 2 aromatic carbocycles. The highest BCUT2D eigenvalue weighted by Gasteiger charge is 2.28. The number of benzene rings is 2. The number of rotatable bonds is 9. The van der Waals surface area contributed by atoms with Crippen LogP contribution in [-0.4, -0.2) is 18.7 Å². The molecule has 0 aliphatic carbocycles. The van der Waals surface area contributed by atoms with Gasteiger partial charge in [-0.2, -0.15) is 0 Å². The molecule has 2 rings (SSSR count). The van der Waals surface area contributed by atoms with E-state index >= 15 is 0 Å². The summed E-state index contributed by atoms with van der Waals surface area (Å²) in [6.45, 7) is 2.08. The second-order valence-electron chi connectivity index (χ2n) is 5.05. The van der Waals surface area contributed by atoms with Gasteiger partial charge in [-0.05, 0) is 37.6 Å². The molecule has 24 heavy (non-hydrogen) atoms. The first-order valence-corrected chi connectivity index (χ1v) is 9.58. The average molecular weight is 348 g/mol. The SMILES string of the molecule is CCOC(=O)CCCP(=O)(Oc1ccccc1)Oc1ccccc1. The van der Waals surface area contributed by atoms with Crippen LogP contribution in [0, 0.1) is 0 Å². The Balaban J connectivity index is 2.05. The molecule has 0 atom stereocenters. The number of ether oxygens (including phenoxy) is 1. The van der Waals surface area contributed by atoms with Gasteiger partial charge in [0.05, 0.1) is 12.8 Å². The van der Waals surface area contributed by atoms with Crippen molar-refractivity contribution in [3.8, 4) is 11.5 Å². The van der Waals surface area contributed by atoms with Crippen molar-refractivity contribution in [1.82, 2.24) is 0 Å². The summed E-state index contributed by atoms with van der Waals surface area (Å²) in [5.41, 5.74) is 0. The zero-order chi connectivity index (χ0) is 17.3. The molecule has 0 aromatic heterocycles. The number of hydrogen-bond donors (Lipinski definition) is 0. The van der Waals surface area contributed by atoms with Crippen LogP contribution in [0.25, 0.3) is 0 Å². The van der Waals surface area contributed by atoms with Crippen LogP contribution in [0.15, 0.2) is 60.7 Å². The van der Waals surface area contributed by atoms with Gasteiger partial charge in [0.25, 0.3) is 0 Å². The number of carbonyl (C=O) groups excluding carboxylic acids is 1. The van der Waals surface area contributed by atoms with Gasteiger partial charge >= 0.3 is 13.6 Å². The maximum atomic E-state index is 13.1. The molecule has 6 heteroatoms. The summed E-state index contributed by atoms with van der Waals surface area (Å²) < 4.78 is 29.2. The Labute approximate surface area is 142 Å². The Morgan fingerprint density at radius 3 is 1.88 bits per heavy atom. The van der Waals surface area contributed by atoms with E-state index in [2.05, 4.69) is 0 Å². The van der Waals surface area contributed by atoms with Gasteiger partial charge in [-0.15, -0.1) is 0 Å². The van der Waals surface area contributed by atoms with Crippen LogP contribution >= 0.6 is 7.60 Å². The third-order valence-electron chi connectivity index (χ3n) is 3.09. The molecule has 0 saturated heterocycles. The Morgan fingerprint density at radius 2 is 1.42 bits per heavy atom. The molecule has 0 amide bonds. The maximum Gasteiger partial charge on any atom is 0.430 e. The minimum atomic E-state index is -3.45. The molecule has 0 aliphatic heterocycles. The van der Waals surface area contributed by atoms with Crippen LogP contribution in [-0.2, 0) is 14.1 Å². The Kier molecular flexibility index (Phi) is 6.89. The molecule has 0 aliphatic rings. The molecule has 0 radical (unpaired) electrons. The summed E-state index contributed by atoms with van der Waals surface area (Å²) in [7, 11) is -3.45. The van der Waals surface area contributed by atoms with Crippen LogP contribution in [0.3, 0.4) is 0 Å². The lowest BCUT2D eigenvalue weighted by Gasteiger charge is -2.20. The van der Waals surface area contributed by atoms with E-state index in [-0.39, 0.29) is 18.6 Å². The number of carbonyl (C=O) groups is 1. The first-order chi connectivity index (χ1) is 11.6. The van der Waals surface area contributed by atoms with Gasteiger partial charge in [0.15, 0.2) is 0 Å². The summed E-state index contributed by atoms with van der Waals surface area (Å²) in [4.78, 5) is 11.5. The lowest BCUT2D eigenvalue weighted by atomic mass is 10.3. The smallest absolute Gasteiger partial charge is 0.430 e. The molecule has 0 N–H and O–H groups in total. The van der Waals surface area contributed by atoms with Crippen molar-refractivity contribution in [3.63, 3.8) is 0 Å². The van der Waals surface area contributed by atoms with Crippen molar-refractivity contribution >= 4 is 13.6 Å². The summed E-state index contributed by atoms with van der Waals surface area (Å²) in [6, 6.07) is 17.7. The monoisotopic (exact) mass is 348 g/mol. The number of hydrogen-bond acceptors (Lipinski definition) is 5. The summed E-state index contributed by atoms with van der Waals surface area (Å²) in [5.74, 6) is 0.615. The summed E-state index contributed by atoms with van der Waals surface area (Å²) in [6.07, 6.45) is 0.652. The second-order valence-corrected chi connectivity index (χ2v) is 7.09. The minimum Gasteiger partial charge on any atom is -0.466 e. The molecular weight excluding hydrogens is 327 g/mol. The highest BCUT2D eigenvalue weighted by Crippen LogP contribution is 2.49. The molecule has 0 bridgehead atoms. The summed E-state index contributed by atoms with van der Waals surface area (Å²) in [5, 5.41) is 0. The van der Waals surface area contributed by atoms with Gasteiger partial charge in [-0.3, -0.25) is 4.79 Å². The normalized spacial score (nSPS) is 10.9. The van der Waals surface area contributed by atoms with E-state index < -0.39 is 7.60 Å². The van der Waals surface area contributed by atoms with Gasteiger partial charge in [-0.25, -0.2) is 4.57 Å². The average Bonchev–Trinajstić information content (AvgIpc) is 2.56. The van der Waals surface area contributed by atoms with Crippen molar-refractivity contribution < 1.29 is 23.1 Å². The highest BCUT2D eigenvalue weighted by atomic mass is 31.2. The standard InChI is InChI=1S/C18H21O5P/c1-2-21-18(19)14-9-15-24(20,22-16-10-5-3-6-11-16)23-17-12-7-4-8-13-17/h3-8,10-13H,2,9,14-15H2,1H3. The van der Waals surface area contributed by atoms with E-state index in [1.807, 2.05) is 12.1 Å². The lowest BCUT2D eigenvalue weighted by Crippen LogP contribution is -2.09. The van der Waals surface area contributed by atoms with Crippen molar-refractivity contribution in [3.05, 3.63) is 60.7 Å². The number of esters is 1. The van der Waals surface area contributed by atoms with E-state index in [0.717, 1.165) is 0 Å². The predicted octanol–water partition coefficient (Wildman–Crippen LogP) is 4.68. The zero-order valence-corrected chi connectivity index (χ0v) is 14.5.